The molecule has 0 aliphatic carbocycles. The fraction of sp³-hybridized carbons (Fsp3) is 0.500. The number of carbonyl (C=O) groups excluding carboxylic acids is 1. The highest BCUT2D eigenvalue weighted by molar-refractivity contribution is 5.97. The van der Waals surface area contributed by atoms with Crippen LogP contribution in [-0.2, 0) is 0 Å². The van der Waals surface area contributed by atoms with Crippen LogP contribution < -0.4 is 10.5 Å². The number of rotatable bonds is 6. The van der Waals surface area contributed by atoms with Crippen molar-refractivity contribution in [3.8, 4) is 5.75 Å². The standard InChI is InChI=1S/C14H21NO2/c1-4-13(16)11-5-6-14(12(15)9-11)17-8-7-10(2)3/h5-6,9-10H,4,7-8,15H2,1-3H3. The Hall–Kier alpha value is -1.51. The molecule has 1 aromatic rings. The van der Waals surface area contributed by atoms with Gasteiger partial charge in [-0.1, -0.05) is 20.8 Å². The number of ether oxygens (including phenoxy) is 1. The minimum Gasteiger partial charge on any atom is -0.491 e. The molecule has 0 aliphatic rings. The van der Waals surface area contributed by atoms with E-state index >= 15 is 0 Å². The van der Waals surface area contributed by atoms with Gasteiger partial charge >= 0.3 is 0 Å². The molecule has 1 rings (SSSR count). The summed E-state index contributed by atoms with van der Waals surface area (Å²) in [5.41, 5.74) is 7.04. The third-order valence-corrected chi connectivity index (χ3v) is 2.61. The van der Waals surface area contributed by atoms with Crippen molar-refractivity contribution >= 4 is 11.5 Å². The molecule has 17 heavy (non-hydrogen) atoms. The largest absolute Gasteiger partial charge is 0.491 e. The quantitative estimate of drug-likeness (QED) is 0.608. The molecule has 0 amide bonds. The molecule has 2 N–H and O–H groups in total. The van der Waals surface area contributed by atoms with Gasteiger partial charge in [-0.05, 0) is 30.5 Å². The summed E-state index contributed by atoms with van der Waals surface area (Å²) in [5.74, 6) is 1.38. The zero-order chi connectivity index (χ0) is 12.8. The van der Waals surface area contributed by atoms with Crippen molar-refractivity contribution in [3.05, 3.63) is 23.8 Å². The van der Waals surface area contributed by atoms with Gasteiger partial charge in [0.05, 0.1) is 12.3 Å². The predicted molar refractivity (Wildman–Crippen MR) is 70.4 cm³/mol. The van der Waals surface area contributed by atoms with Gasteiger partial charge in [0, 0.05) is 12.0 Å². The average molecular weight is 235 g/mol. The van der Waals surface area contributed by atoms with E-state index in [1.165, 1.54) is 0 Å². The van der Waals surface area contributed by atoms with Gasteiger partial charge in [0.2, 0.25) is 0 Å². The van der Waals surface area contributed by atoms with Gasteiger partial charge in [-0.2, -0.15) is 0 Å². The molecule has 0 saturated heterocycles. The Bertz CT molecular complexity index is 386. The van der Waals surface area contributed by atoms with Crippen LogP contribution in [0.1, 0.15) is 44.0 Å². The summed E-state index contributed by atoms with van der Waals surface area (Å²) in [4.78, 5) is 11.5. The number of hydrogen-bond acceptors (Lipinski definition) is 3. The third kappa shape index (κ3) is 4.10. The number of Topliss-reactive ketones (excluding diaryl/α,β-unsaturated/α-hetero) is 1. The first-order chi connectivity index (χ1) is 8.04. The van der Waals surface area contributed by atoms with Crippen molar-refractivity contribution in [1.82, 2.24) is 0 Å². The number of benzene rings is 1. The zero-order valence-corrected chi connectivity index (χ0v) is 10.8. The lowest BCUT2D eigenvalue weighted by molar-refractivity contribution is 0.0988. The molecule has 3 nitrogen and oxygen atoms in total. The van der Waals surface area contributed by atoms with Crippen LogP contribution in [0.3, 0.4) is 0 Å². The molecule has 94 valence electrons. The second-order valence-corrected chi connectivity index (χ2v) is 4.56. The smallest absolute Gasteiger partial charge is 0.162 e. The number of nitrogens with two attached hydrogens (primary N) is 1. The van der Waals surface area contributed by atoms with Crippen LogP contribution in [0.25, 0.3) is 0 Å². The number of hydrogen-bond donors (Lipinski definition) is 1. The van der Waals surface area contributed by atoms with Crippen LogP contribution in [0.4, 0.5) is 5.69 Å². The Kier molecular flexibility index (Phi) is 5.01. The fourth-order valence-corrected chi connectivity index (χ4v) is 1.46. The van der Waals surface area contributed by atoms with Gasteiger partial charge in [0.15, 0.2) is 5.78 Å². The van der Waals surface area contributed by atoms with Gasteiger partial charge in [-0.3, -0.25) is 4.79 Å². The number of nitrogen functional groups attached to an aromatic ring is 1. The zero-order valence-electron chi connectivity index (χ0n) is 10.8. The normalized spacial score (nSPS) is 10.6. The van der Waals surface area contributed by atoms with E-state index in [-0.39, 0.29) is 5.78 Å². The molecule has 0 radical (unpaired) electrons. The molecular formula is C14H21NO2. The van der Waals surface area contributed by atoms with E-state index in [9.17, 15) is 4.79 Å². The molecule has 0 fully saturated rings. The predicted octanol–water partition coefficient (Wildman–Crippen LogP) is 3.29. The summed E-state index contributed by atoms with van der Waals surface area (Å²) in [7, 11) is 0. The van der Waals surface area contributed by atoms with Crippen LogP contribution in [-0.4, -0.2) is 12.4 Å². The Morgan fingerprint density at radius 3 is 2.65 bits per heavy atom. The average Bonchev–Trinajstić information content (AvgIpc) is 2.29. The SMILES string of the molecule is CCC(=O)c1ccc(OCCC(C)C)c(N)c1. The highest BCUT2D eigenvalue weighted by atomic mass is 16.5. The molecule has 0 spiro atoms. The molecule has 0 aliphatic heterocycles. The Balaban J connectivity index is 2.66. The molecule has 0 atom stereocenters. The van der Waals surface area contributed by atoms with E-state index in [0.717, 1.165) is 6.42 Å². The monoisotopic (exact) mass is 235 g/mol. The third-order valence-electron chi connectivity index (χ3n) is 2.61. The van der Waals surface area contributed by atoms with Crippen LogP contribution in [0, 0.1) is 5.92 Å². The minimum absolute atomic E-state index is 0.102. The van der Waals surface area contributed by atoms with Crippen LogP contribution in [0.2, 0.25) is 0 Å². The summed E-state index contributed by atoms with van der Waals surface area (Å²) in [6.45, 7) is 6.79. The Morgan fingerprint density at radius 1 is 1.41 bits per heavy atom. The topological polar surface area (TPSA) is 52.3 Å². The first-order valence-electron chi connectivity index (χ1n) is 6.10. The van der Waals surface area contributed by atoms with Crippen LogP contribution in [0.5, 0.6) is 5.75 Å². The van der Waals surface area contributed by atoms with E-state index in [1.807, 2.05) is 6.92 Å². The maximum atomic E-state index is 11.5. The molecule has 0 aromatic heterocycles. The Morgan fingerprint density at radius 2 is 2.12 bits per heavy atom. The van der Waals surface area contributed by atoms with E-state index in [4.69, 9.17) is 10.5 Å². The van der Waals surface area contributed by atoms with Crippen LogP contribution in [0.15, 0.2) is 18.2 Å². The number of anilines is 1. The van der Waals surface area contributed by atoms with Gasteiger partial charge in [-0.15, -0.1) is 0 Å². The molecule has 0 saturated carbocycles. The fourth-order valence-electron chi connectivity index (χ4n) is 1.46. The van der Waals surface area contributed by atoms with Gasteiger partial charge < -0.3 is 10.5 Å². The first kappa shape index (κ1) is 13.6. The summed E-state index contributed by atoms with van der Waals surface area (Å²) < 4.78 is 5.58. The summed E-state index contributed by atoms with van der Waals surface area (Å²) in [6.07, 6.45) is 1.49. The summed E-state index contributed by atoms with van der Waals surface area (Å²) >= 11 is 0. The lowest BCUT2D eigenvalue weighted by atomic mass is 10.1. The van der Waals surface area contributed by atoms with Crippen molar-refractivity contribution in [2.24, 2.45) is 5.92 Å². The van der Waals surface area contributed by atoms with Crippen molar-refractivity contribution in [2.45, 2.75) is 33.6 Å². The summed E-state index contributed by atoms with van der Waals surface area (Å²) in [5, 5.41) is 0. The van der Waals surface area contributed by atoms with E-state index in [2.05, 4.69) is 13.8 Å². The minimum atomic E-state index is 0.102. The Labute approximate surface area is 103 Å². The lowest BCUT2D eigenvalue weighted by Gasteiger charge is -2.11. The lowest BCUT2D eigenvalue weighted by Crippen LogP contribution is -2.05. The van der Waals surface area contributed by atoms with Crippen molar-refractivity contribution in [2.75, 3.05) is 12.3 Å². The number of ketones is 1. The maximum Gasteiger partial charge on any atom is 0.162 e. The highest BCUT2D eigenvalue weighted by Gasteiger charge is 2.07. The van der Waals surface area contributed by atoms with Crippen molar-refractivity contribution in [1.29, 1.82) is 0 Å². The molecule has 0 unspecified atom stereocenters. The highest BCUT2D eigenvalue weighted by Crippen LogP contribution is 2.23. The van der Waals surface area contributed by atoms with Crippen molar-refractivity contribution < 1.29 is 9.53 Å². The number of carbonyl (C=O) groups is 1. The van der Waals surface area contributed by atoms with Crippen molar-refractivity contribution in [3.63, 3.8) is 0 Å². The molecule has 3 heteroatoms. The van der Waals surface area contributed by atoms with E-state index < -0.39 is 0 Å². The second kappa shape index (κ2) is 6.28. The molecule has 1 aromatic carbocycles. The molecule has 0 heterocycles. The van der Waals surface area contributed by atoms with Gasteiger partial charge in [-0.25, -0.2) is 0 Å². The molecule has 0 bridgehead atoms. The molecular weight excluding hydrogens is 214 g/mol. The maximum absolute atomic E-state index is 11.5. The summed E-state index contributed by atoms with van der Waals surface area (Å²) in [6, 6.07) is 5.24. The van der Waals surface area contributed by atoms with Gasteiger partial charge in [0.1, 0.15) is 5.75 Å². The van der Waals surface area contributed by atoms with Gasteiger partial charge in [0.25, 0.3) is 0 Å². The first-order valence-corrected chi connectivity index (χ1v) is 6.10. The van der Waals surface area contributed by atoms with E-state index in [1.54, 1.807) is 18.2 Å². The second-order valence-electron chi connectivity index (χ2n) is 4.56. The van der Waals surface area contributed by atoms with E-state index in [0.29, 0.717) is 35.9 Å². The van der Waals surface area contributed by atoms with Crippen LogP contribution >= 0.6 is 0 Å².